The van der Waals surface area contributed by atoms with Crippen molar-refractivity contribution in [2.75, 3.05) is 27.2 Å². The van der Waals surface area contributed by atoms with Crippen molar-refractivity contribution in [2.45, 2.75) is 19.8 Å². The van der Waals surface area contributed by atoms with Gasteiger partial charge in [0.25, 0.3) is 0 Å². The summed E-state index contributed by atoms with van der Waals surface area (Å²) in [5, 5.41) is 19.0. The molecule has 1 aromatic carbocycles. The Hall–Kier alpha value is -1.22. The Balaban J connectivity index is 2.64. The van der Waals surface area contributed by atoms with Crippen LogP contribution < -0.4 is 0 Å². The molecule has 0 heterocycles. The van der Waals surface area contributed by atoms with Gasteiger partial charge in [-0.2, -0.15) is 0 Å². The third-order valence-electron chi connectivity index (χ3n) is 2.91. The zero-order chi connectivity index (χ0) is 12.2. The maximum absolute atomic E-state index is 9.67. The van der Waals surface area contributed by atoms with Crippen molar-refractivity contribution in [1.82, 2.24) is 0 Å². The van der Waals surface area contributed by atoms with Gasteiger partial charge in [0.1, 0.15) is 0 Å². The Morgan fingerprint density at radius 3 is 2.44 bits per heavy atom. The van der Waals surface area contributed by atoms with Gasteiger partial charge in [-0.25, -0.2) is 0 Å². The lowest BCUT2D eigenvalue weighted by atomic mass is 10.1. The summed E-state index contributed by atoms with van der Waals surface area (Å²) in [6.45, 7) is 4.26. The van der Waals surface area contributed by atoms with Gasteiger partial charge < -0.3 is 14.7 Å². The average Bonchev–Trinajstić information content (AvgIpc) is 2.20. The molecule has 0 aromatic heterocycles. The van der Waals surface area contributed by atoms with Crippen molar-refractivity contribution in [3.63, 3.8) is 0 Å². The van der Waals surface area contributed by atoms with E-state index in [1.807, 2.05) is 6.07 Å². The first-order valence-corrected chi connectivity index (χ1v) is 5.78. The zero-order valence-electron chi connectivity index (χ0n) is 10.4. The van der Waals surface area contributed by atoms with Crippen LogP contribution in [-0.4, -0.2) is 41.9 Å². The Labute approximate surface area is 97.5 Å². The highest BCUT2D eigenvalue weighted by molar-refractivity contribution is 5.44. The van der Waals surface area contributed by atoms with Gasteiger partial charge >= 0.3 is 0 Å². The highest BCUT2D eigenvalue weighted by Gasteiger charge is 2.15. The van der Waals surface area contributed by atoms with E-state index in [4.69, 9.17) is 0 Å². The monoisotopic (exact) mass is 224 g/mol. The smallest absolute Gasteiger partial charge is 0.160 e. The third kappa shape index (κ3) is 3.42. The van der Waals surface area contributed by atoms with Crippen molar-refractivity contribution in [2.24, 2.45) is 0 Å². The largest absolute Gasteiger partial charge is 0.504 e. The Morgan fingerprint density at radius 1 is 1.12 bits per heavy atom. The molecule has 0 aliphatic heterocycles. The van der Waals surface area contributed by atoms with Crippen molar-refractivity contribution in [3.05, 3.63) is 23.8 Å². The number of phenolic OH excluding ortho intramolecular Hbond substituents is 2. The molecule has 90 valence electrons. The van der Waals surface area contributed by atoms with Crippen LogP contribution in [0.5, 0.6) is 11.5 Å². The van der Waals surface area contributed by atoms with Gasteiger partial charge in [0, 0.05) is 12.0 Å². The van der Waals surface area contributed by atoms with E-state index in [-0.39, 0.29) is 11.5 Å². The summed E-state index contributed by atoms with van der Waals surface area (Å²) in [4.78, 5) is 0. The van der Waals surface area contributed by atoms with E-state index < -0.39 is 0 Å². The fourth-order valence-electron chi connectivity index (χ4n) is 1.92. The number of hydrogen-bond donors (Lipinski definition) is 2. The molecule has 0 fully saturated rings. The van der Waals surface area contributed by atoms with Gasteiger partial charge in [-0.05, 0) is 12.5 Å². The Morgan fingerprint density at radius 2 is 1.81 bits per heavy atom. The van der Waals surface area contributed by atoms with Crippen LogP contribution in [0.25, 0.3) is 0 Å². The molecule has 3 heteroatoms. The van der Waals surface area contributed by atoms with Crippen molar-refractivity contribution in [3.8, 4) is 11.5 Å². The second-order valence-electron chi connectivity index (χ2n) is 4.92. The van der Waals surface area contributed by atoms with Crippen LogP contribution in [0.4, 0.5) is 0 Å². The molecule has 16 heavy (non-hydrogen) atoms. The molecule has 0 aliphatic rings. The fraction of sp³-hybridized carbons (Fsp3) is 0.538. The fourth-order valence-corrected chi connectivity index (χ4v) is 1.92. The normalized spacial score (nSPS) is 11.7. The van der Waals surface area contributed by atoms with Crippen LogP contribution >= 0.6 is 0 Å². The molecule has 0 spiro atoms. The topological polar surface area (TPSA) is 40.5 Å². The molecule has 0 unspecified atom stereocenters. The summed E-state index contributed by atoms with van der Waals surface area (Å²) >= 11 is 0. The Bertz CT molecular complexity index is 348. The molecule has 0 aliphatic carbocycles. The van der Waals surface area contributed by atoms with E-state index in [1.54, 1.807) is 6.07 Å². The van der Waals surface area contributed by atoms with E-state index in [1.165, 1.54) is 6.07 Å². The van der Waals surface area contributed by atoms with Crippen LogP contribution in [0.1, 0.15) is 18.9 Å². The number of likely N-dealkylation sites (N-methyl/N-ethyl adjacent to an activating group) is 1. The molecule has 0 amide bonds. The van der Waals surface area contributed by atoms with Gasteiger partial charge in [0.05, 0.1) is 27.2 Å². The molecule has 0 bridgehead atoms. The first kappa shape index (κ1) is 12.8. The quantitative estimate of drug-likeness (QED) is 0.594. The summed E-state index contributed by atoms with van der Waals surface area (Å²) < 4.78 is 0.936. The first-order valence-electron chi connectivity index (χ1n) is 5.78. The number of phenols is 2. The minimum atomic E-state index is -0.0294. The molecule has 2 N–H and O–H groups in total. The van der Waals surface area contributed by atoms with Crippen LogP contribution in [-0.2, 0) is 6.42 Å². The van der Waals surface area contributed by atoms with Gasteiger partial charge in [0.2, 0.25) is 0 Å². The number of hydrogen-bond acceptors (Lipinski definition) is 2. The second-order valence-corrected chi connectivity index (χ2v) is 4.92. The van der Waals surface area contributed by atoms with Crippen molar-refractivity contribution >= 4 is 0 Å². The van der Waals surface area contributed by atoms with E-state index in [2.05, 4.69) is 21.0 Å². The molecule has 0 saturated heterocycles. The van der Waals surface area contributed by atoms with Gasteiger partial charge in [-0.15, -0.1) is 0 Å². The van der Waals surface area contributed by atoms with Crippen LogP contribution in [0.2, 0.25) is 0 Å². The molecular formula is C13H22NO2+. The number of aromatic hydroxyl groups is 2. The maximum atomic E-state index is 9.67. The lowest BCUT2D eigenvalue weighted by Crippen LogP contribution is -2.41. The van der Waals surface area contributed by atoms with Gasteiger partial charge in [0.15, 0.2) is 11.5 Å². The lowest BCUT2D eigenvalue weighted by molar-refractivity contribution is -0.890. The highest BCUT2D eigenvalue weighted by Crippen LogP contribution is 2.28. The summed E-state index contributed by atoms with van der Waals surface area (Å²) in [7, 11) is 4.37. The van der Waals surface area contributed by atoms with E-state index in [0.29, 0.717) is 0 Å². The van der Waals surface area contributed by atoms with Gasteiger partial charge in [-0.1, -0.05) is 19.1 Å². The minimum Gasteiger partial charge on any atom is -0.504 e. The van der Waals surface area contributed by atoms with E-state index >= 15 is 0 Å². The summed E-state index contributed by atoms with van der Waals surface area (Å²) in [6.07, 6.45) is 1.94. The standard InChI is InChI=1S/C13H21NO2/c1-4-9-14(2,3)10-8-11-6-5-7-12(15)13(11)16/h5-7H,4,8-10H2,1-3H3,(H-,15,16)/p+1. The molecule has 0 atom stereocenters. The third-order valence-corrected chi connectivity index (χ3v) is 2.91. The van der Waals surface area contributed by atoms with Crippen LogP contribution in [0, 0.1) is 0 Å². The highest BCUT2D eigenvalue weighted by atomic mass is 16.3. The zero-order valence-corrected chi connectivity index (χ0v) is 10.4. The number of benzene rings is 1. The number of quaternary nitrogens is 1. The molecule has 3 nitrogen and oxygen atoms in total. The number of rotatable bonds is 5. The van der Waals surface area contributed by atoms with Crippen LogP contribution in [0.3, 0.4) is 0 Å². The second kappa shape index (κ2) is 5.21. The maximum Gasteiger partial charge on any atom is 0.160 e. The first-order chi connectivity index (χ1) is 7.46. The minimum absolute atomic E-state index is 0.0269. The Kier molecular flexibility index (Phi) is 4.19. The summed E-state index contributed by atoms with van der Waals surface area (Å²) in [5.74, 6) is -0.00250. The average molecular weight is 224 g/mol. The van der Waals surface area contributed by atoms with Crippen molar-refractivity contribution < 1.29 is 14.7 Å². The van der Waals surface area contributed by atoms with Gasteiger partial charge in [-0.3, -0.25) is 0 Å². The summed E-state index contributed by atoms with van der Waals surface area (Å²) in [5.41, 5.74) is 0.822. The predicted octanol–water partition coefficient (Wildman–Crippen LogP) is 2.13. The molecule has 0 saturated carbocycles. The SMILES string of the molecule is CCC[N+](C)(C)CCc1cccc(O)c1O. The van der Waals surface area contributed by atoms with Crippen LogP contribution in [0.15, 0.2) is 18.2 Å². The molecule has 1 rings (SSSR count). The molecule has 0 radical (unpaired) electrons. The van der Waals surface area contributed by atoms with E-state index in [0.717, 1.165) is 36.0 Å². The lowest BCUT2D eigenvalue weighted by Gasteiger charge is -2.29. The predicted molar refractivity (Wildman–Crippen MR) is 65.6 cm³/mol. The molecule has 1 aromatic rings. The summed E-state index contributed by atoms with van der Waals surface area (Å²) in [6, 6.07) is 5.14. The van der Waals surface area contributed by atoms with Crippen molar-refractivity contribution in [1.29, 1.82) is 0 Å². The molecular weight excluding hydrogens is 202 g/mol. The number of para-hydroxylation sites is 1. The van der Waals surface area contributed by atoms with E-state index in [9.17, 15) is 10.2 Å². The number of nitrogens with zero attached hydrogens (tertiary/aromatic N) is 1.